The molecule has 4 nitrogen and oxygen atoms in total. The van der Waals surface area contributed by atoms with Crippen LogP contribution in [0.5, 0.6) is 11.5 Å². The molecule has 2 rings (SSSR count). The number of hydrogen-bond donors (Lipinski definition) is 1. The Kier molecular flexibility index (Phi) is 7.73. The number of likely N-dealkylation sites (N-methyl/N-ethyl adjacent to an activating group) is 1. The van der Waals surface area contributed by atoms with Crippen LogP contribution in [0.2, 0.25) is 0 Å². The van der Waals surface area contributed by atoms with E-state index in [4.69, 9.17) is 9.47 Å². The van der Waals surface area contributed by atoms with Gasteiger partial charge in [0, 0.05) is 19.1 Å². The lowest BCUT2D eigenvalue weighted by atomic mass is 10.2. The summed E-state index contributed by atoms with van der Waals surface area (Å²) >= 11 is 0. The molecule has 1 aliphatic heterocycles. The molecule has 1 saturated heterocycles. The SMILES string of the molecule is CNCC1CCCN1CCOc1ccccc1OC.Cl. The number of methoxy groups -OCH3 is 1. The number of ether oxygens (including phenoxy) is 2. The van der Waals surface area contributed by atoms with Crippen molar-refractivity contribution in [3.63, 3.8) is 0 Å². The lowest BCUT2D eigenvalue weighted by molar-refractivity contribution is 0.192. The molecule has 1 aromatic rings. The lowest BCUT2D eigenvalue weighted by Gasteiger charge is -2.24. The molecule has 1 heterocycles. The average molecular weight is 301 g/mol. The molecular formula is C15H25ClN2O2. The molecule has 1 aromatic carbocycles. The van der Waals surface area contributed by atoms with Gasteiger partial charge >= 0.3 is 0 Å². The third kappa shape index (κ3) is 4.54. The monoisotopic (exact) mass is 300 g/mol. The third-order valence-corrected chi connectivity index (χ3v) is 3.64. The van der Waals surface area contributed by atoms with Gasteiger partial charge < -0.3 is 14.8 Å². The van der Waals surface area contributed by atoms with Gasteiger partial charge in [0.15, 0.2) is 11.5 Å². The summed E-state index contributed by atoms with van der Waals surface area (Å²) in [5.74, 6) is 1.63. The molecule has 20 heavy (non-hydrogen) atoms. The van der Waals surface area contributed by atoms with E-state index >= 15 is 0 Å². The van der Waals surface area contributed by atoms with Gasteiger partial charge in [0.1, 0.15) is 6.61 Å². The van der Waals surface area contributed by atoms with Crippen molar-refractivity contribution < 1.29 is 9.47 Å². The summed E-state index contributed by atoms with van der Waals surface area (Å²) in [4.78, 5) is 2.51. The first-order valence-electron chi connectivity index (χ1n) is 6.99. The van der Waals surface area contributed by atoms with Gasteiger partial charge in [0.25, 0.3) is 0 Å². The van der Waals surface area contributed by atoms with Crippen molar-refractivity contribution in [1.29, 1.82) is 0 Å². The second-order valence-electron chi connectivity index (χ2n) is 4.89. The Hall–Kier alpha value is -0.970. The second-order valence-corrected chi connectivity index (χ2v) is 4.89. The zero-order valence-corrected chi connectivity index (χ0v) is 13.1. The van der Waals surface area contributed by atoms with Crippen LogP contribution in [0.3, 0.4) is 0 Å². The Morgan fingerprint density at radius 2 is 2.05 bits per heavy atom. The Labute approximate surface area is 127 Å². The molecule has 0 spiro atoms. The fourth-order valence-electron chi connectivity index (χ4n) is 2.67. The predicted molar refractivity (Wildman–Crippen MR) is 84.3 cm³/mol. The second kappa shape index (κ2) is 9.06. The summed E-state index contributed by atoms with van der Waals surface area (Å²) in [6, 6.07) is 8.46. The van der Waals surface area contributed by atoms with E-state index in [0.717, 1.165) is 24.6 Å². The number of nitrogens with one attached hydrogen (secondary N) is 1. The maximum atomic E-state index is 5.83. The molecule has 1 atom stereocenters. The first kappa shape index (κ1) is 17.1. The maximum absolute atomic E-state index is 5.83. The van der Waals surface area contributed by atoms with Crippen molar-refractivity contribution in [3.05, 3.63) is 24.3 Å². The van der Waals surface area contributed by atoms with E-state index in [0.29, 0.717) is 12.6 Å². The van der Waals surface area contributed by atoms with Crippen LogP contribution in [0.15, 0.2) is 24.3 Å². The molecule has 0 amide bonds. The molecule has 5 heteroatoms. The zero-order valence-electron chi connectivity index (χ0n) is 12.3. The predicted octanol–water partition coefficient (Wildman–Crippen LogP) is 2.18. The minimum atomic E-state index is 0. The fourth-order valence-corrected chi connectivity index (χ4v) is 2.67. The van der Waals surface area contributed by atoms with Gasteiger partial charge in [-0.15, -0.1) is 12.4 Å². The lowest BCUT2D eigenvalue weighted by Crippen LogP contribution is -2.39. The van der Waals surface area contributed by atoms with Crippen molar-refractivity contribution in [1.82, 2.24) is 10.2 Å². The molecule has 1 fully saturated rings. The van der Waals surface area contributed by atoms with Crippen LogP contribution < -0.4 is 14.8 Å². The van der Waals surface area contributed by atoms with Crippen molar-refractivity contribution in [2.24, 2.45) is 0 Å². The van der Waals surface area contributed by atoms with E-state index in [1.54, 1.807) is 7.11 Å². The molecule has 0 aliphatic carbocycles. The van der Waals surface area contributed by atoms with Crippen LogP contribution in [0.25, 0.3) is 0 Å². The summed E-state index contributed by atoms with van der Waals surface area (Å²) in [6.45, 7) is 3.93. The highest BCUT2D eigenvalue weighted by molar-refractivity contribution is 5.85. The van der Waals surface area contributed by atoms with Crippen LogP contribution in [0, 0.1) is 0 Å². The normalized spacial score (nSPS) is 18.6. The van der Waals surface area contributed by atoms with Crippen molar-refractivity contribution in [2.75, 3.05) is 40.4 Å². The number of likely N-dealkylation sites (tertiary alicyclic amines) is 1. The summed E-state index contributed by atoms with van der Waals surface area (Å²) in [5, 5.41) is 3.26. The average Bonchev–Trinajstić information content (AvgIpc) is 2.87. The maximum Gasteiger partial charge on any atom is 0.161 e. The van der Waals surface area contributed by atoms with Crippen molar-refractivity contribution in [3.8, 4) is 11.5 Å². The Morgan fingerprint density at radius 1 is 1.30 bits per heavy atom. The summed E-state index contributed by atoms with van der Waals surface area (Å²) in [5.41, 5.74) is 0. The van der Waals surface area contributed by atoms with Gasteiger partial charge in [-0.1, -0.05) is 12.1 Å². The first-order valence-corrected chi connectivity index (χ1v) is 6.99. The van der Waals surface area contributed by atoms with E-state index in [2.05, 4.69) is 10.2 Å². The van der Waals surface area contributed by atoms with E-state index in [-0.39, 0.29) is 12.4 Å². The molecule has 1 unspecified atom stereocenters. The molecule has 1 N–H and O–H groups in total. The topological polar surface area (TPSA) is 33.7 Å². The number of benzene rings is 1. The van der Waals surface area contributed by atoms with Crippen molar-refractivity contribution >= 4 is 12.4 Å². The van der Waals surface area contributed by atoms with Crippen LogP contribution in [-0.4, -0.2) is 51.3 Å². The Bertz CT molecular complexity index is 390. The first-order chi connectivity index (χ1) is 9.35. The summed E-state index contributed by atoms with van der Waals surface area (Å²) in [7, 11) is 3.69. The zero-order chi connectivity index (χ0) is 13.5. The van der Waals surface area contributed by atoms with Crippen LogP contribution in [0.1, 0.15) is 12.8 Å². The Balaban J connectivity index is 0.00000200. The summed E-state index contributed by atoms with van der Waals surface area (Å²) in [6.07, 6.45) is 2.58. The molecular weight excluding hydrogens is 276 g/mol. The number of rotatable bonds is 7. The van der Waals surface area contributed by atoms with Gasteiger partial charge in [-0.2, -0.15) is 0 Å². The highest BCUT2D eigenvalue weighted by atomic mass is 35.5. The highest BCUT2D eigenvalue weighted by Crippen LogP contribution is 2.25. The standard InChI is InChI=1S/C15H24N2O2.ClH/c1-16-12-13-6-5-9-17(13)10-11-19-15-8-4-3-7-14(15)18-2;/h3-4,7-8,13,16H,5-6,9-12H2,1-2H3;1H. The van der Waals surface area contributed by atoms with Crippen LogP contribution in [-0.2, 0) is 0 Å². The van der Waals surface area contributed by atoms with Crippen LogP contribution >= 0.6 is 12.4 Å². The molecule has 0 aromatic heterocycles. The summed E-state index contributed by atoms with van der Waals surface area (Å²) < 4.78 is 11.1. The molecule has 114 valence electrons. The number of nitrogens with zero attached hydrogens (tertiary/aromatic N) is 1. The minimum Gasteiger partial charge on any atom is -0.493 e. The quantitative estimate of drug-likeness (QED) is 0.837. The Morgan fingerprint density at radius 3 is 2.75 bits per heavy atom. The molecule has 1 aliphatic rings. The number of para-hydroxylation sites is 2. The van der Waals surface area contributed by atoms with E-state index in [1.165, 1.54) is 19.4 Å². The van der Waals surface area contributed by atoms with Gasteiger partial charge in [-0.3, -0.25) is 4.90 Å². The molecule has 0 bridgehead atoms. The van der Waals surface area contributed by atoms with E-state index in [1.807, 2.05) is 31.3 Å². The van der Waals surface area contributed by atoms with Gasteiger partial charge in [0.05, 0.1) is 7.11 Å². The number of halogens is 1. The molecule has 0 saturated carbocycles. The van der Waals surface area contributed by atoms with Gasteiger partial charge in [-0.25, -0.2) is 0 Å². The van der Waals surface area contributed by atoms with Crippen molar-refractivity contribution in [2.45, 2.75) is 18.9 Å². The largest absolute Gasteiger partial charge is 0.493 e. The fraction of sp³-hybridized carbons (Fsp3) is 0.600. The smallest absolute Gasteiger partial charge is 0.161 e. The molecule has 0 radical (unpaired) electrons. The third-order valence-electron chi connectivity index (χ3n) is 3.64. The highest BCUT2D eigenvalue weighted by Gasteiger charge is 2.23. The van der Waals surface area contributed by atoms with E-state index < -0.39 is 0 Å². The van der Waals surface area contributed by atoms with E-state index in [9.17, 15) is 0 Å². The van der Waals surface area contributed by atoms with Crippen LogP contribution in [0.4, 0.5) is 0 Å². The van der Waals surface area contributed by atoms with Gasteiger partial charge in [0.2, 0.25) is 0 Å². The minimum absolute atomic E-state index is 0. The number of hydrogen-bond acceptors (Lipinski definition) is 4. The van der Waals surface area contributed by atoms with Gasteiger partial charge in [-0.05, 0) is 38.6 Å².